The number of nitrogens with zero attached hydrogens (tertiary/aromatic N) is 3. The second-order valence-corrected chi connectivity index (χ2v) is 4.28. The van der Waals surface area contributed by atoms with Crippen molar-refractivity contribution in [3.63, 3.8) is 0 Å². The molecule has 0 unspecified atom stereocenters. The summed E-state index contributed by atoms with van der Waals surface area (Å²) in [5, 5.41) is 7.09. The van der Waals surface area contributed by atoms with E-state index >= 15 is 0 Å². The van der Waals surface area contributed by atoms with E-state index in [1.807, 2.05) is 20.8 Å². The minimum Gasteiger partial charge on any atom is -0.337 e. The van der Waals surface area contributed by atoms with E-state index in [-0.39, 0.29) is 11.4 Å². The summed E-state index contributed by atoms with van der Waals surface area (Å²) in [5.74, 6) is 0.585. The average Bonchev–Trinajstić information content (AvgIpc) is 2.64. The van der Waals surface area contributed by atoms with Crippen LogP contribution >= 0.6 is 0 Å². The Morgan fingerprint density at radius 2 is 2.12 bits per heavy atom. The van der Waals surface area contributed by atoms with Crippen LogP contribution < -0.4 is 5.32 Å². The lowest BCUT2D eigenvalue weighted by Crippen LogP contribution is -2.30. The van der Waals surface area contributed by atoms with Gasteiger partial charge in [-0.05, 0) is 5.16 Å². The van der Waals surface area contributed by atoms with Gasteiger partial charge in [0.15, 0.2) is 0 Å². The van der Waals surface area contributed by atoms with Crippen LogP contribution in [-0.2, 0) is 10.3 Å². The molecule has 0 spiro atoms. The van der Waals surface area contributed by atoms with Gasteiger partial charge in [-0.3, -0.25) is 10.2 Å². The average molecular weight is 228 g/mol. The molecular formula is C9H16N4O3. The molecule has 1 aromatic rings. The molecule has 1 aromatic heterocycles. The lowest BCUT2D eigenvalue weighted by molar-refractivity contribution is -0.0598. The van der Waals surface area contributed by atoms with Gasteiger partial charge in [0.05, 0.1) is 7.11 Å². The summed E-state index contributed by atoms with van der Waals surface area (Å²) >= 11 is 0. The molecule has 1 rings (SSSR count). The summed E-state index contributed by atoms with van der Waals surface area (Å²) in [7, 11) is 2.86. The lowest BCUT2D eigenvalue weighted by Gasteiger charge is -2.12. The number of aromatic nitrogens is 2. The summed E-state index contributed by atoms with van der Waals surface area (Å²) in [4.78, 5) is 20.1. The van der Waals surface area contributed by atoms with Gasteiger partial charge in [-0.2, -0.15) is 4.98 Å². The second kappa shape index (κ2) is 4.48. The van der Waals surface area contributed by atoms with Gasteiger partial charge >= 0.3 is 6.03 Å². The number of carbonyl (C=O) groups is 1. The summed E-state index contributed by atoms with van der Waals surface area (Å²) in [5.41, 5.74) is -0.247. The van der Waals surface area contributed by atoms with E-state index in [9.17, 15) is 4.79 Å². The fourth-order valence-electron chi connectivity index (χ4n) is 0.836. The van der Waals surface area contributed by atoms with Crippen molar-refractivity contribution in [3.8, 4) is 0 Å². The Balaban J connectivity index is 2.70. The molecule has 1 N–H and O–H groups in total. The molecule has 7 heteroatoms. The van der Waals surface area contributed by atoms with Crippen molar-refractivity contribution in [2.45, 2.75) is 26.2 Å². The minimum absolute atomic E-state index is 0.124. The molecule has 0 aromatic carbocycles. The fraction of sp³-hybridized carbons (Fsp3) is 0.667. The summed E-state index contributed by atoms with van der Waals surface area (Å²) < 4.78 is 5.01. The zero-order valence-electron chi connectivity index (χ0n) is 10.1. The van der Waals surface area contributed by atoms with E-state index in [2.05, 4.69) is 15.5 Å². The maximum absolute atomic E-state index is 11.4. The number of hydrogen-bond donors (Lipinski definition) is 1. The van der Waals surface area contributed by atoms with Gasteiger partial charge < -0.3 is 4.52 Å². The molecular weight excluding hydrogens is 212 g/mol. The number of urea groups is 1. The van der Waals surface area contributed by atoms with Crippen LogP contribution in [0.5, 0.6) is 0 Å². The van der Waals surface area contributed by atoms with Gasteiger partial charge in [0, 0.05) is 12.5 Å². The molecule has 0 aliphatic heterocycles. The third-order valence-electron chi connectivity index (χ3n) is 1.85. The number of nitrogens with one attached hydrogen (secondary N) is 1. The van der Waals surface area contributed by atoms with E-state index in [4.69, 9.17) is 9.36 Å². The van der Waals surface area contributed by atoms with Gasteiger partial charge in [0.1, 0.15) is 0 Å². The van der Waals surface area contributed by atoms with Crippen molar-refractivity contribution in [2.24, 2.45) is 0 Å². The Morgan fingerprint density at radius 3 is 2.56 bits per heavy atom. The van der Waals surface area contributed by atoms with Gasteiger partial charge in [0.2, 0.25) is 5.89 Å². The molecule has 2 amide bonds. The fourth-order valence-corrected chi connectivity index (χ4v) is 0.836. The SMILES string of the molecule is CON(C)C(=O)Nc1noc(C(C)(C)C)n1. The number of amides is 2. The predicted molar refractivity (Wildman–Crippen MR) is 56.8 cm³/mol. The number of hydroxylamine groups is 2. The normalized spacial score (nSPS) is 11.3. The molecule has 0 aliphatic carbocycles. The zero-order valence-corrected chi connectivity index (χ0v) is 10.1. The van der Waals surface area contributed by atoms with Crippen molar-refractivity contribution in [2.75, 3.05) is 19.5 Å². The molecule has 7 nitrogen and oxygen atoms in total. The Hall–Kier alpha value is -1.63. The summed E-state index contributed by atoms with van der Waals surface area (Å²) in [6.45, 7) is 5.81. The van der Waals surface area contributed by atoms with Crippen LogP contribution in [0.4, 0.5) is 10.7 Å². The van der Waals surface area contributed by atoms with Crippen LogP contribution in [0.15, 0.2) is 4.52 Å². The van der Waals surface area contributed by atoms with Crippen molar-refractivity contribution >= 4 is 12.0 Å². The molecule has 0 atom stereocenters. The number of anilines is 1. The maximum atomic E-state index is 11.4. The molecule has 90 valence electrons. The first kappa shape index (κ1) is 12.4. The third-order valence-corrected chi connectivity index (χ3v) is 1.85. The standard InChI is InChI=1S/C9H16N4O3/c1-9(2,3)6-10-7(12-16-6)11-8(14)13(4)15-5/h1-5H3,(H,11,12,14). The number of rotatable bonds is 2. The third kappa shape index (κ3) is 2.93. The highest BCUT2D eigenvalue weighted by Crippen LogP contribution is 2.20. The summed E-state index contributed by atoms with van der Waals surface area (Å²) in [6.07, 6.45) is 0. The van der Waals surface area contributed by atoms with Gasteiger partial charge in [-0.25, -0.2) is 9.86 Å². The first-order chi connectivity index (χ1) is 7.34. The van der Waals surface area contributed by atoms with E-state index in [0.717, 1.165) is 5.06 Å². The largest absolute Gasteiger partial charge is 0.347 e. The Morgan fingerprint density at radius 1 is 1.50 bits per heavy atom. The Bertz CT molecular complexity index is 369. The van der Waals surface area contributed by atoms with Gasteiger partial charge in [0.25, 0.3) is 5.95 Å². The number of carbonyl (C=O) groups excluding carboxylic acids is 1. The molecule has 0 saturated carbocycles. The highest BCUT2D eigenvalue weighted by molar-refractivity contribution is 5.86. The van der Waals surface area contributed by atoms with Crippen LogP contribution in [0.2, 0.25) is 0 Å². The second-order valence-electron chi connectivity index (χ2n) is 4.28. The zero-order chi connectivity index (χ0) is 12.3. The Kier molecular flexibility index (Phi) is 3.48. The van der Waals surface area contributed by atoms with E-state index in [1.54, 1.807) is 0 Å². The van der Waals surface area contributed by atoms with Crippen LogP contribution in [0.25, 0.3) is 0 Å². The van der Waals surface area contributed by atoms with Crippen LogP contribution in [0.1, 0.15) is 26.7 Å². The van der Waals surface area contributed by atoms with Crippen LogP contribution in [0, 0.1) is 0 Å². The van der Waals surface area contributed by atoms with E-state index in [1.165, 1.54) is 14.2 Å². The van der Waals surface area contributed by atoms with Crippen molar-refractivity contribution in [3.05, 3.63) is 5.89 Å². The maximum Gasteiger partial charge on any atom is 0.347 e. The monoisotopic (exact) mass is 228 g/mol. The highest BCUT2D eigenvalue weighted by Gasteiger charge is 2.22. The molecule has 16 heavy (non-hydrogen) atoms. The van der Waals surface area contributed by atoms with Crippen molar-refractivity contribution in [1.29, 1.82) is 0 Å². The lowest BCUT2D eigenvalue weighted by atomic mass is 9.97. The highest BCUT2D eigenvalue weighted by atomic mass is 16.7. The predicted octanol–water partition coefficient (Wildman–Crippen LogP) is 1.39. The Labute approximate surface area is 93.7 Å². The number of hydrogen-bond acceptors (Lipinski definition) is 5. The topological polar surface area (TPSA) is 80.5 Å². The van der Waals surface area contributed by atoms with Gasteiger partial charge in [-0.15, -0.1) is 0 Å². The molecule has 0 radical (unpaired) electrons. The van der Waals surface area contributed by atoms with Crippen molar-refractivity contribution < 1.29 is 14.2 Å². The molecule has 0 fully saturated rings. The quantitative estimate of drug-likeness (QED) is 0.774. The molecule has 0 saturated heterocycles. The van der Waals surface area contributed by atoms with Gasteiger partial charge in [-0.1, -0.05) is 20.8 Å². The first-order valence-electron chi connectivity index (χ1n) is 4.77. The summed E-state index contributed by atoms with van der Waals surface area (Å²) in [6, 6.07) is -0.469. The molecule has 1 heterocycles. The smallest absolute Gasteiger partial charge is 0.337 e. The first-order valence-corrected chi connectivity index (χ1v) is 4.77. The molecule has 0 aliphatic rings. The van der Waals surface area contributed by atoms with Crippen LogP contribution in [-0.4, -0.2) is 35.4 Å². The molecule has 0 bridgehead atoms. The van der Waals surface area contributed by atoms with Crippen LogP contribution in [0.3, 0.4) is 0 Å². The van der Waals surface area contributed by atoms with Crippen molar-refractivity contribution in [1.82, 2.24) is 15.2 Å². The van der Waals surface area contributed by atoms with E-state index in [0.29, 0.717) is 5.89 Å². The minimum atomic E-state index is -0.469. The van der Waals surface area contributed by atoms with E-state index < -0.39 is 6.03 Å².